The highest BCUT2D eigenvalue weighted by Crippen LogP contribution is 2.33. The molecule has 0 spiro atoms. The highest BCUT2D eigenvalue weighted by Gasteiger charge is 2.34. The number of rotatable bonds is 4. The summed E-state index contributed by atoms with van der Waals surface area (Å²) in [5.41, 5.74) is -0.724. The third-order valence-electron chi connectivity index (χ3n) is 3.63. The van der Waals surface area contributed by atoms with Crippen molar-refractivity contribution in [2.75, 3.05) is 26.7 Å². The van der Waals surface area contributed by atoms with Crippen molar-refractivity contribution >= 4 is 12.4 Å². The second-order valence-electron chi connectivity index (χ2n) is 5.25. The maximum absolute atomic E-state index is 13.0. The number of nitrogens with one attached hydrogen (secondary N) is 1. The van der Waals surface area contributed by atoms with Gasteiger partial charge in [0.2, 0.25) is 0 Å². The quantitative estimate of drug-likeness (QED) is 0.854. The Morgan fingerprint density at radius 3 is 2.67 bits per heavy atom. The van der Waals surface area contributed by atoms with Crippen LogP contribution in [0.2, 0.25) is 0 Å². The van der Waals surface area contributed by atoms with Gasteiger partial charge in [0, 0.05) is 13.1 Å². The summed E-state index contributed by atoms with van der Waals surface area (Å²) < 4.78 is 51.7. The van der Waals surface area contributed by atoms with Gasteiger partial charge in [-0.2, -0.15) is 13.2 Å². The van der Waals surface area contributed by atoms with Crippen LogP contribution < -0.4 is 5.32 Å². The second-order valence-corrected chi connectivity index (χ2v) is 5.25. The molecular formula is C14H19ClF4N2. The topological polar surface area (TPSA) is 15.3 Å². The molecule has 7 heteroatoms. The molecule has 0 radical (unpaired) electrons. The molecule has 1 unspecified atom stereocenters. The maximum Gasteiger partial charge on any atom is 0.416 e. The zero-order valence-electron chi connectivity index (χ0n) is 11.7. The Balaban J connectivity index is 0.00000220. The van der Waals surface area contributed by atoms with Crippen LogP contribution in [-0.4, -0.2) is 31.6 Å². The number of hydrogen-bond donors (Lipinski definition) is 1. The van der Waals surface area contributed by atoms with Crippen molar-refractivity contribution in [1.82, 2.24) is 10.2 Å². The SMILES string of the molecule is CNCC1CCN(Cc2ccc(F)cc2C(F)(F)F)C1.Cl. The van der Waals surface area contributed by atoms with E-state index in [4.69, 9.17) is 0 Å². The van der Waals surface area contributed by atoms with E-state index in [0.717, 1.165) is 32.1 Å². The minimum Gasteiger partial charge on any atom is -0.319 e. The molecule has 0 aromatic heterocycles. The summed E-state index contributed by atoms with van der Waals surface area (Å²) in [7, 11) is 1.87. The second kappa shape index (κ2) is 7.42. The van der Waals surface area contributed by atoms with Gasteiger partial charge in [0.05, 0.1) is 5.56 Å². The van der Waals surface area contributed by atoms with Gasteiger partial charge < -0.3 is 5.32 Å². The van der Waals surface area contributed by atoms with E-state index >= 15 is 0 Å². The minimum atomic E-state index is -4.51. The molecule has 1 saturated heterocycles. The van der Waals surface area contributed by atoms with Crippen LogP contribution in [0.25, 0.3) is 0 Å². The van der Waals surface area contributed by atoms with Crippen molar-refractivity contribution < 1.29 is 17.6 Å². The average Bonchev–Trinajstić information content (AvgIpc) is 2.78. The molecule has 0 amide bonds. The van der Waals surface area contributed by atoms with Gasteiger partial charge >= 0.3 is 6.18 Å². The molecule has 0 aliphatic carbocycles. The van der Waals surface area contributed by atoms with Crippen molar-refractivity contribution in [3.8, 4) is 0 Å². The predicted molar refractivity (Wildman–Crippen MR) is 76.0 cm³/mol. The molecule has 21 heavy (non-hydrogen) atoms. The van der Waals surface area contributed by atoms with Gasteiger partial charge in [-0.1, -0.05) is 6.07 Å². The molecule has 1 aromatic carbocycles. The molecule has 0 saturated carbocycles. The summed E-state index contributed by atoms with van der Waals surface area (Å²) in [6.45, 7) is 2.64. The standard InChI is InChI=1S/C14H18F4N2.ClH/c1-19-7-10-4-5-20(8-10)9-11-2-3-12(15)6-13(11)14(16,17)18;/h2-3,6,10,19H,4-5,7-9H2,1H3;1H. The number of alkyl halides is 3. The van der Waals surface area contributed by atoms with Gasteiger partial charge in [0.1, 0.15) is 5.82 Å². The molecular weight excluding hydrogens is 308 g/mol. The molecule has 1 heterocycles. The van der Waals surface area contributed by atoms with Gasteiger partial charge in [-0.15, -0.1) is 12.4 Å². The fraction of sp³-hybridized carbons (Fsp3) is 0.571. The Kier molecular flexibility index (Phi) is 6.43. The monoisotopic (exact) mass is 326 g/mol. The van der Waals surface area contributed by atoms with E-state index in [1.165, 1.54) is 6.07 Å². The molecule has 1 atom stereocenters. The van der Waals surface area contributed by atoms with E-state index in [9.17, 15) is 17.6 Å². The smallest absolute Gasteiger partial charge is 0.319 e. The van der Waals surface area contributed by atoms with Crippen LogP contribution in [0.4, 0.5) is 17.6 Å². The molecule has 2 rings (SSSR count). The first-order chi connectivity index (χ1) is 9.40. The van der Waals surface area contributed by atoms with Gasteiger partial charge in [0.15, 0.2) is 0 Å². The largest absolute Gasteiger partial charge is 0.416 e. The van der Waals surface area contributed by atoms with Crippen LogP contribution in [0.1, 0.15) is 17.5 Å². The highest BCUT2D eigenvalue weighted by molar-refractivity contribution is 5.85. The van der Waals surface area contributed by atoms with Crippen molar-refractivity contribution in [3.05, 3.63) is 35.1 Å². The third kappa shape index (κ3) is 4.83. The molecule has 2 nitrogen and oxygen atoms in total. The van der Waals surface area contributed by atoms with Gasteiger partial charge in [-0.25, -0.2) is 4.39 Å². The van der Waals surface area contributed by atoms with Crippen LogP contribution in [0.15, 0.2) is 18.2 Å². The van der Waals surface area contributed by atoms with Crippen LogP contribution in [0.3, 0.4) is 0 Å². The lowest BCUT2D eigenvalue weighted by Gasteiger charge is -2.19. The lowest BCUT2D eigenvalue weighted by atomic mass is 10.1. The lowest BCUT2D eigenvalue weighted by molar-refractivity contribution is -0.138. The van der Waals surface area contributed by atoms with Gasteiger partial charge in [-0.05, 0) is 50.2 Å². The zero-order chi connectivity index (χ0) is 14.8. The Morgan fingerprint density at radius 1 is 1.33 bits per heavy atom. The number of benzene rings is 1. The summed E-state index contributed by atoms with van der Waals surface area (Å²) in [5, 5.41) is 3.08. The molecule has 1 aliphatic heterocycles. The Labute approximate surface area is 127 Å². The molecule has 0 bridgehead atoms. The molecule has 120 valence electrons. The minimum absolute atomic E-state index is 0. The van der Waals surface area contributed by atoms with E-state index < -0.39 is 17.6 Å². The number of halogens is 5. The van der Waals surface area contributed by atoms with Crippen molar-refractivity contribution in [1.29, 1.82) is 0 Å². The average molecular weight is 327 g/mol. The summed E-state index contributed by atoms with van der Waals surface area (Å²) in [4.78, 5) is 1.99. The van der Waals surface area contributed by atoms with Crippen LogP contribution in [0, 0.1) is 11.7 Å². The molecule has 1 N–H and O–H groups in total. The number of hydrogen-bond acceptors (Lipinski definition) is 2. The number of nitrogens with zero attached hydrogens (tertiary/aromatic N) is 1. The first-order valence-corrected chi connectivity index (χ1v) is 6.62. The summed E-state index contributed by atoms with van der Waals surface area (Å²) in [5.74, 6) is -0.384. The maximum atomic E-state index is 13.0. The van der Waals surface area contributed by atoms with E-state index in [1.54, 1.807) is 0 Å². The van der Waals surface area contributed by atoms with Crippen molar-refractivity contribution in [2.45, 2.75) is 19.1 Å². The Morgan fingerprint density at radius 2 is 2.05 bits per heavy atom. The van der Waals surface area contributed by atoms with Crippen LogP contribution >= 0.6 is 12.4 Å². The van der Waals surface area contributed by atoms with Crippen LogP contribution in [-0.2, 0) is 12.7 Å². The van der Waals surface area contributed by atoms with Crippen molar-refractivity contribution in [2.24, 2.45) is 5.92 Å². The normalized spacial score (nSPS) is 19.6. The predicted octanol–water partition coefficient (Wildman–Crippen LogP) is 3.31. The van der Waals surface area contributed by atoms with Gasteiger partial charge in [0.25, 0.3) is 0 Å². The van der Waals surface area contributed by atoms with E-state index in [0.29, 0.717) is 12.0 Å². The third-order valence-corrected chi connectivity index (χ3v) is 3.63. The Hall–Kier alpha value is -0.850. The van der Waals surface area contributed by atoms with Crippen LogP contribution in [0.5, 0.6) is 0 Å². The first-order valence-electron chi connectivity index (χ1n) is 6.62. The van der Waals surface area contributed by atoms with Gasteiger partial charge in [-0.3, -0.25) is 4.90 Å². The summed E-state index contributed by atoms with van der Waals surface area (Å²) in [6.07, 6.45) is -3.54. The molecule has 1 fully saturated rings. The number of likely N-dealkylation sites (tertiary alicyclic amines) is 1. The molecule has 1 aliphatic rings. The summed E-state index contributed by atoms with van der Waals surface area (Å²) in [6, 6.07) is 2.91. The zero-order valence-corrected chi connectivity index (χ0v) is 12.5. The highest BCUT2D eigenvalue weighted by atomic mass is 35.5. The fourth-order valence-electron chi connectivity index (χ4n) is 2.70. The fourth-order valence-corrected chi connectivity index (χ4v) is 2.70. The first kappa shape index (κ1) is 18.2. The van der Waals surface area contributed by atoms with E-state index in [2.05, 4.69) is 5.32 Å². The summed E-state index contributed by atoms with van der Waals surface area (Å²) >= 11 is 0. The van der Waals surface area contributed by atoms with Crippen molar-refractivity contribution in [3.63, 3.8) is 0 Å². The van der Waals surface area contributed by atoms with E-state index in [1.807, 2.05) is 11.9 Å². The van der Waals surface area contributed by atoms with E-state index in [-0.39, 0.29) is 24.5 Å². The molecule has 1 aromatic rings. The Bertz CT molecular complexity index is 465. The lowest BCUT2D eigenvalue weighted by Crippen LogP contribution is -2.25.